The van der Waals surface area contributed by atoms with E-state index >= 15 is 0 Å². The SMILES string of the molecule is c1ccc2c(c1)oc1c2cc2c3c4c5ccccc5n5c6ccccc6c(cc3n3c6ccccc6c1c23)c45. The minimum atomic E-state index is 0.939. The van der Waals surface area contributed by atoms with Crippen LogP contribution in [0, 0.1) is 0 Å². The molecule has 0 radical (unpaired) electrons. The summed E-state index contributed by atoms with van der Waals surface area (Å²) >= 11 is 0. The second-order valence-electron chi connectivity index (χ2n) is 10.9. The summed E-state index contributed by atoms with van der Waals surface area (Å²) in [6.45, 7) is 0. The number of rotatable bonds is 0. The van der Waals surface area contributed by atoms with E-state index in [1.165, 1.54) is 87.0 Å². The lowest BCUT2D eigenvalue weighted by atomic mass is 9.99. The molecule has 0 saturated heterocycles. The first kappa shape index (κ1) is 18.9. The summed E-state index contributed by atoms with van der Waals surface area (Å²) in [7, 11) is 0. The lowest BCUT2D eigenvalue weighted by Crippen LogP contribution is -1.81. The van der Waals surface area contributed by atoms with Gasteiger partial charge in [-0.05, 0) is 36.4 Å². The predicted molar refractivity (Wildman–Crippen MR) is 163 cm³/mol. The van der Waals surface area contributed by atoms with Crippen LogP contribution in [0.25, 0.3) is 98.1 Å². The molecular weight excluding hydrogens is 476 g/mol. The Morgan fingerprint density at radius 3 is 1.72 bits per heavy atom. The van der Waals surface area contributed by atoms with E-state index in [9.17, 15) is 0 Å². The van der Waals surface area contributed by atoms with E-state index in [2.05, 4.69) is 118 Å². The van der Waals surface area contributed by atoms with E-state index in [-0.39, 0.29) is 0 Å². The number of aromatic nitrogens is 2. The van der Waals surface area contributed by atoms with Gasteiger partial charge >= 0.3 is 0 Å². The van der Waals surface area contributed by atoms with Crippen LogP contribution in [0.3, 0.4) is 0 Å². The van der Waals surface area contributed by atoms with Crippen LogP contribution in [0.1, 0.15) is 0 Å². The fraction of sp³-hybridized carbons (Fsp3) is 0. The molecule has 5 aromatic heterocycles. The predicted octanol–water partition coefficient (Wildman–Crippen LogP) is 9.89. The zero-order valence-corrected chi connectivity index (χ0v) is 20.7. The Labute approximate surface area is 220 Å². The molecule has 0 amide bonds. The molecule has 11 aromatic rings. The van der Waals surface area contributed by atoms with E-state index in [0.29, 0.717) is 0 Å². The molecular formula is C36H18N2O. The summed E-state index contributed by atoms with van der Waals surface area (Å²) in [5, 5.41) is 12.7. The van der Waals surface area contributed by atoms with Gasteiger partial charge < -0.3 is 13.2 Å². The molecule has 0 spiro atoms. The highest BCUT2D eigenvalue weighted by Gasteiger charge is 2.27. The normalized spacial score (nSPS) is 13.1. The lowest BCUT2D eigenvalue weighted by molar-refractivity contribution is 0.673. The average Bonchev–Trinajstić information content (AvgIpc) is 3.76. The summed E-state index contributed by atoms with van der Waals surface area (Å²) in [6, 6.07) is 39.8. The van der Waals surface area contributed by atoms with Gasteiger partial charge in [-0.3, -0.25) is 0 Å². The molecule has 0 aliphatic heterocycles. The molecule has 39 heavy (non-hydrogen) atoms. The van der Waals surface area contributed by atoms with Crippen molar-refractivity contribution in [2.75, 3.05) is 0 Å². The summed E-state index contributed by atoms with van der Waals surface area (Å²) < 4.78 is 11.6. The number of benzene rings is 6. The van der Waals surface area contributed by atoms with E-state index in [4.69, 9.17) is 4.42 Å². The monoisotopic (exact) mass is 494 g/mol. The standard InChI is InChI=1S/C36H18N2O/c1-5-13-26-19(9-1)23-18-29-31(32-21-11-2-6-14-27(21)37(26)34(23)32)25-17-24-20-10-4-8-16-30(20)39-36(24)33-22-12-3-7-15-28(22)38(29)35(25)33/h1-18H. The molecule has 0 bridgehead atoms. The number of nitrogens with zero attached hydrogens (tertiary/aromatic N) is 2. The van der Waals surface area contributed by atoms with Crippen molar-refractivity contribution in [2.24, 2.45) is 0 Å². The Morgan fingerprint density at radius 2 is 0.949 bits per heavy atom. The number of fused-ring (bicyclic) bond motifs is 17. The van der Waals surface area contributed by atoms with Gasteiger partial charge in [0, 0.05) is 48.5 Å². The van der Waals surface area contributed by atoms with Crippen molar-refractivity contribution in [3.8, 4) is 0 Å². The summed E-state index contributed by atoms with van der Waals surface area (Å²) in [6.07, 6.45) is 0. The second kappa shape index (κ2) is 6.06. The van der Waals surface area contributed by atoms with Gasteiger partial charge in [0.25, 0.3) is 0 Å². The molecule has 6 aromatic carbocycles. The Morgan fingerprint density at radius 1 is 0.385 bits per heavy atom. The third-order valence-corrected chi connectivity index (χ3v) is 9.14. The van der Waals surface area contributed by atoms with E-state index < -0.39 is 0 Å². The van der Waals surface area contributed by atoms with Crippen LogP contribution >= 0.6 is 0 Å². The van der Waals surface area contributed by atoms with Gasteiger partial charge in [-0.1, -0.05) is 72.8 Å². The number of para-hydroxylation sites is 4. The van der Waals surface area contributed by atoms with Crippen LogP contribution in [0.4, 0.5) is 0 Å². The minimum absolute atomic E-state index is 0.939. The van der Waals surface area contributed by atoms with Gasteiger partial charge in [0.15, 0.2) is 0 Å². The molecule has 0 atom stereocenters. The van der Waals surface area contributed by atoms with Crippen LogP contribution in [0.5, 0.6) is 0 Å². The highest BCUT2D eigenvalue weighted by molar-refractivity contribution is 6.40. The number of hydrogen-bond donors (Lipinski definition) is 0. The Bertz CT molecular complexity index is 2820. The van der Waals surface area contributed by atoms with Crippen LogP contribution in [0.15, 0.2) is 114 Å². The quantitative estimate of drug-likeness (QED) is 0.206. The fourth-order valence-electron chi connectivity index (χ4n) is 7.73. The number of hydrogen-bond acceptors (Lipinski definition) is 1. The molecule has 3 nitrogen and oxygen atoms in total. The Kier molecular flexibility index (Phi) is 2.93. The molecule has 5 heterocycles. The van der Waals surface area contributed by atoms with Crippen LogP contribution < -0.4 is 0 Å². The second-order valence-corrected chi connectivity index (χ2v) is 10.9. The zero-order chi connectivity index (χ0) is 25.0. The molecule has 0 saturated carbocycles. The van der Waals surface area contributed by atoms with Crippen molar-refractivity contribution < 1.29 is 4.42 Å². The van der Waals surface area contributed by atoms with Crippen LogP contribution in [0.2, 0.25) is 0 Å². The molecule has 3 heteroatoms. The molecule has 11 rings (SSSR count). The van der Waals surface area contributed by atoms with Crippen molar-refractivity contribution in [1.29, 1.82) is 0 Å². The zero-order valence-electron chi connectivity index (χ0n) is 20.7. The van der Waals surface area contributed by atoms with Crippen molar-refractivity contribution in [3.05, 3.63) is 109 Å². The maximum Gasteiger partial charge on any atom is 0.145 e. The van der Waals surface area contributed by atoms with Crippen LogP contribution in [-0.4, -0.2) is 8.80 Å². The van der Waals surface area contributed by atoms with E-state index in [0.717, 1.165) is 11.2 Å². The van der Waals surface area contributed by atoms with Crippen molar-refractivity contribution in [1.82, 2.24) is 8.80 Å². The smallest absolute Gasteiger partial charge is 0.145 e. The van der Waals surface area contributed by atoms with Gasteiger partial charge in [-0.2, -0.15) is 0 Å². The van der Waals surface area contributed by atoms with Gasteiger partial charge in [0.05, 0.1) is 38.5 Å². The molecule has 0 unspecified atom stereocenters. The van der Waals surface area contributed by atoms with Crippen LogP contribution in [-0.2, 0) is 0 Å². The largest absolute Gasteiger partial charge is 0.455 e. The summed E-state index contributed by atoms with van der Waals surface area (Å²) in [5.74, 6) is 0. The van der Waals surface area contributed by atoms with E-state index in [1.54, 1.807) is 0 Å². The average molecular weight is 495 g/mol. The van der Waals surface area contributed by atoms with Gasteiger partial charge in [0.1, 0.15) is 11.2 Å². The van der Waals surface area contributed by atoms with E-state index in [1.807, 2.05) is 0 Å². The molecule has 0 N–H and O–H groups in total. The highest BCUT2D eigenvalue weighted by Crippen LogP contribution is 2.50. The first-order valence-electron chi connectivity index (χ1n) is 13.5. The van der Waals surface area contributed by atoms with Crippen molar-refractivity contribution in [2.45, 2.75) is 0 Å². The topological polar surface area (TPSA) is 22.0 Å². The third kappa shape index (κ3) is 1.92. The molecule has 0 aliphatic carbocycles. The number of furan rings is 1. The Balaban J connectivity index is 1.57. The lowest BCUT2D eigenvalue weighted by Gasteiger charge is -2.02. The minimum Gasteiger partial charge on any atom is -0.455 e. The first-order chi connectivity index (χ1) is 19.4. The first-order valence-corrected chi connectivity index (χ1v) is 13.5. The molecule has 0 aliphatic rings. The van der Waals surface area contributed by atoms with Gasteiger partial charge in [0.2, 0.25) is 0 Å². The highest BCUT2D eigenvalue weighted by atomic mass is 16.3. The third-order valence-electron chi connectivity index (χ3n) is 9.14. The van der Waals surface area contributed by atoms with Gasteiger partial charge in [-0.15, -0.1) is 0 Å². The van der Waals surface area contributed by atoms with Crippen molar-refractivity contribution in [3.63, 3.8) is 0 Å². The van der Waals surface area contributed by atoms with Crippen molar-refractivity contribution >= 4 is 98.1 Å². The maximum absolute atomic E-state index is 6.59. The molecule has 0 fully saturated rings. The Hall–Kier alpha value is -5.28. The molecule has 178 valence electrons. The summed E-state index contributed by atoms with van der Waals surface area (Å²) in [5.41, 5.74) is 9.50. The maximum atomic E-state index is 6.59. The summed E-state index contributed by atoms with van der Waals surface area (Å²) in [4.78, 5) is 0. The van der Waals surface area contributed by atoms with Gasteiger partial charge in [-0.25, -0.2) is 0 Å². The fourth-order valence-corrected chi connectivity index (χ4v) is 7.73.